The summed E-state index contributed by atoms with van der Waals surface area (Å²) in [6.45, 7) is 2.52. The molecule has 0 saturated carbocycles. The van der Waals surface area contributed by atoms with Crippen LogP contribution in [0.3, 0.4) is 0 Å². The molecule has 0 aliphatic rings. The summed E-state index contributed by atoms with van der Waals surface area (Å²) < 4.78 is 1.29. The molecule has 0 amide bonds. The van der Waals surface area contributed by atoms with Crippen molar-refractivity contribution in [2.24, 2.45) is 0 Å². The van der Waals surface area contributed by atoms with E-state index in [4.69, 9.17) is 0 Å². The fourth-order valence-electron chi connectivity index (χ4n) is 5.36. The first-order valence-electron chi connectivity index (χ1n) is 12.4. The van der Waals surface area contributed by atoms with Crippen LogP contribution in [0.2, 0.25) is 0 Å². The standard InChI is InChI=1S/C30H24N2O8/c1-29(27(37)38,15-17-9-5-3-6-10-17)31-23(33)19-13-21-22(14-20(19)24(31)34)26(36)32(25(21)35)30(2,28(39)40)16-18-11-7-4-8-12-18/h3-14H,15-16H2,1-2H3,(H,37,38)(H,39,40)/t29-,30-/m0/s1. The smallest absolute Gasteiger partial charge is 0.330 e. The van der Waals surface area contributed by atoms with Gasteiger partial charge in [0.1, 0.15) is 11.1 Å². The van der Waals surface area contributed by atoms with E-state index in [2.05, 4.69) is 0 Å². The summed E-state index contributed by atoms with van der Waals surface area (Å²) in [5.41, 5.74) is -6.45. The second-order valence-corrected chi connectivity index (χ2v) is 10.3. The van der Waals surface area contributed by atoms with Crippen molar-refractivity contribution in [1.82, 2.24) is 9.13 Å². The Morgan fingerprint density at radius 1 is 0.575 bits per heavy atom. The number of hydrogen-bond donors (Lipinski definition) is 2. The number of carboxylic acids is 2. The summed E-state index contributed by atoms with van der Waals surface area (Å²) >= 11 is 0. The maximum atomic E-state index is 13.5. The highest BCUT2D eigenvalue weighted by Crippen LogP contribution is 2.25. The fourth-order valence-corrected chi connectivity index (χ4v) is 5.36. The highest BCUT2D eigenvalue weighted by Gasteiger charge is 2.41. The topological polar surface area (TPSA) is 153 Å². The minimum absolute atomic E-state index is 0.170. The normalized spacial score (nSPS) is 14.7. The van der Waals surface area contributed by atoms with Gasteiger partial charge in [-0.2, -0.15) is 0 Å². The van der Waals surface area contributed by atoms with Crippen molar-refractivity contribution in [3.05, 3.63) is 125 Å². The van der Waals surface area contributed by atoms with Gasteiger partial charge in [0.05, 0.1) is 21.5 Å². The van der Waals surface area contributed by atoms with E-state index in [1.165, 1.54) is 13.8 Å². The lowest BCUT2D eigenvalue weighted by molar-refractivity contribution is -0.147. The number of benzene rings is 3. The van der Waals surface area contributed by atoms with E-state index < -0.39 is 45.3 Å². The Kier molecular flexibility index (Phi) is 6.13. The van der Waals surface area contributed by atoms with E-state index in [0.717, 1.165) is 12.1 Å². The number of carbonyl (C=O) groups is 2. The van der Waals surface area contributed by atoms with Gasteiger partial charge in [0.2, 0.25) is 0 Å². The van der Waals surface area contributed by atoms with Crippen LogP contribution in [-0.4, -0.2) is 31.3 Å². The van der Waals surface area contributed by atoms with Gasteiger partial charge >= 0.3 is 11.9 Å². The predicted octanol–water partition coefficient (Wildman–Crippen LogP) is 2.00. The monoisotopic (exact) mass is 540 g/mol. The summed E-state index contributed by atoms with van der Waals surface area (Å²) in [7, 11) is 0. The highest BCUT2D eigenvalue weighted by atomic mass is 16.4. The molecular formula is C30H24N2O8. The minimum Gasteiger partial charge on any atom is -0.479 e. The molecule has 0 aliphatic heterocycles. The third kappa shape index (κ3) is 3.87. The number of carboxylic acid groups (broad SMARTS) is 2. The molecular weight excluding hydrogens is 516 g/mol. The van der Waals surface area contributed by atoms with Gasteiger partial charge in [-0.25, -0.2) is 9.59 Å². The third-order valence-electron chi connectivity index (χ3n) is 7.58. The fraction of sp³-hybridized carbons (Fsp3) is 0.200. The van der Waals surface area contributed by atoms with Crippen LogP contribution in [0.5, 0.6) is 0 Å². The second kappa shape index (κ2) is 9.26. The molecule has 202 valence electrons. The van der Waals surface area contributed by atoms with Crippen LogP contribution in [0, 0.1) is 0 Å². The molecule has 10 heteroatoms. The molecule has 2 aromatic heterocycles. The number of hydrogen-bond acceptors (Lipinski definition) is 6. The Labute approximate surface area is 225 Å². The molecule has 0 bridgehead atoms. The zero-order chi connectivity index (χ0) is 29.0. The summed E-state index contributed by atoms with van der Waals surface area (Å²) in [4.78, 5) is 78.8. The molecule has 3 aromatic carbocycles. The van der Waals surface area contributed by atoms with Crippen molar-refractivity contribution in [1.29, 1.82) is 0 Å². The third-order valence-corrected chi connectivity index (χ3v) is 7.58. The van der Waals surface area contributed by atoms with E-state index in [-0.39, 0.29) is 34.4 Å². The maximum absolute atomic E-state index is 13.5. The van der Waals surface area contributed by atoms with E-state index in [0.29, 0.717) is 20.3 Å². The Morgan fingerprint density at radius 2 is 0.850 bits per heavy atom. The van der Waals surface area contributed by atoms with E-state index in [1.54, 1.807) is 60.7 Å². The molecule has 2 heterocycles. The number of aliphatic carboxylic acids is 2. The van der Waals surface area contributed by atoms with E-state index >= 15 is 0 Å². The molecule has 2 atom stereocenters. The van der Waals surface area contributed by atoms with Crippen LogP contribution in [0.15, 0.2) is 92.0 Å². The number of aromatic nitrogens is 2. The van der Waals surface area contributed by atoms with Gasteiger partial charge in [-0.15, -0.1) is 0 Å². The highest BCUT2D eigenvalue weighted by molar-refractivity contribution is 5.98. The van der Waals surface area contributed by atoms with Gasteiger partial charge in [0.25, 0.3) is 22.2 Å². The number of nitrogens with zero attached hydrogens (tertiary/aromatic N) is 2. The van der Waals surface area contributed by atoms with Gasteiger partial charge in [0, 0.05) is 12.8 Å². The largest absolute Gasteiger partial charge is 0.479 e. The number of rotatable bonds is 8. The van der Waals surface area contributed by atoms with Gasteiger partial charge in [-0.05, 0) is 37.1 Å². The zero-order valence-corrected chi connectivity index (χ0v) is 21.6. The van der Waals surface area contributed by atoms with Crippen molar-refractivity contribution in [3.63, 3.8) is 0 Å². The first kappa shape index (κ1) is 26.5. The Morgan fingerprint density at radius 3 is 1.10 bits per heavy atom. The molecule has 0 aliphatic carbocycles. The molecule has 10 nitrogen and oxygen atoms in total. The molecule has 2 N–H and O–H groups in total. The van der Waals surface area contributed by atoms with Crippen LogP contribution < -0.4 is 22.2 Å². The minimum atomic E-state index is -1.96. The van der Waals surface area contributed by atoms with Crippen LogP contribution in [0.4, 0.5) is 0 Å². The van der Waals surface area contributed by atoms with Crippen molar-refractivity contribution in [2.75, 3.05) is 0 Å². The summed E-state index contributed by atoms with van der Waals surface area (Å²) in [5.74, 6) is -2.82. The first-order valence-corrected chi connectivity index (χ1v) is 12.4. The van der Waals surface area contributed by atoms with Gasteiger partial charge in [0.15, 0.2) is 0 Å². The zero-order valence-electron chi connectivity index (χ0n) is 21.6. The first-order chi connectivity index (χ1) is 18.9. The molecule has 40 heavy (non-hydrogen) atoms. The van der Waals surface area contributed by atoms with Gasteiger partial charge in [-0.1, -0.05) is 60.7 Å². The van der Waals surface area contributed by atoms with Gasteiger partial charge < -0.3 is 10.2 Å². The lowest BCUT2D eigenvalue weighted by atomic mass is 9.92. The second-order valence-electron chi connectivity index (χ2n) is 10.3. The molecule has 5 aromatic rings. The lowest BCUT2D eigenvalue weighted by Crippen LogP contribution is -2.50. The molecule has 0 saturated heterocycles. The molecule has 0 fully saturated rings. The summed E-state index contributed by atoms with van der Waals surface area (Å²) in [6, 6.07) is 19.2. The summed E-state index contributed by atoms with van der Waals surface area (Å²) in [6.07, 6.45) is -0.340. The van der Waals surface area contributed by atoms with Crippen LogP contribution in [-0.2, 0) is 33.5 Å². The Balaban J connectivity index is 1.74. The van der Waals surface area contributed by atoms with Crippen molar-refractivity contribution >= 4 is 33.5 Å². The maximum Gasteiger partial charge on any atom is 0.330 e. The SMILES string of the molecule is C[C@](Cc1ccccc1)(C(=O)O)n1c(=O)c2cc3c(=O)n([C@@](C)(Cc4ccccc4)C(=O)O)c(=O)c3cc2c1=O. The molecule has 5 rings (SSSR count). The van der Waals surface area contributed by atoms with Crippen LogP contribution in [0.1, 0.15) is 25.0 Å². The number of fused-ring (bicyclic) bond motifs is 2. The van der Waals surface area contributed by atoms with Gasteiger partial charge in [-0.3, -0.25) is 28.3 Å². The molecule has 0 unspecified atom stereocenters. The predicted molar refractivity (Wildman–Crippen MR) is 148 cm³/mol. The van der Waals surface area contributed by atoms with Crippen molar-refractivity contribution in [3.8, 4) is 0 Å². The van der Waals surface area contributed by atoms with Crippen molar-refractivity contribution < 1.29 is 19.8 Å². The van der Waals surface area contributed by atoms with Crippen LogP contribution >= 0.6 is 0 Å². The Hall–Kier alpha value is -5.12. The van der Waals surface area contributed by atoms with E-state index in [1.807, 2.05) is 0 Å². The molecule has 0 radical (unpaired) electrons. The van der Waals surface area contributed by atoms with Crippen molar-refractivity contribution in [2.45, 2.75) is 37.8 Å². The molecule has 0 spiro atoms. The Bertz CT molecular complexity index is 1800. The summed E-state index contributed by atoms with van der Waals surface area (Å²) in [5, 5.41) is 19.3. The van der Waals surface area contributed by atoms with Crippen LogP contribution in [0.25, 0.3) is 21.5 Å². The van der Waals surface area contributed by atoms with E-state index in [9.17, 15) is 39.0 Å². The quantitative estimate of drug-likeness (QED) is 0.303. The lowest BCUT2D eigenvalue weighted by Gasteiger charge is -2.25. The average Bonchev–Trinajstić information content (AvgIpc) is 3.32. The average molecular weight is 541 g/mol.